The van der Waals surface area contributed by atoms with E-state index < -0.39 is 10.9 Å². The quantitative estimate of drug-likeness (QED) is 0.684. The Morgan fingerprint density at radius 3 is 2.35 bits per heavy atom. The first-order valence-electron chi connectivity index (χ1n) is 4.72. The molecular weight excluding hydrogens is 294 g/mol. The van der Waals surface area contributed by atoms with Crippen molar-refractivity contribution in [3.8, 4) is 5.75 Å². The van der Waals surface area contributed by atoms with Gasteiger partial charge in [0.1, 0.15) is 0 Å². The number of carboxylic acid groups (broad SMARTS) is 1. The third-order valence-corrected chi connectivity index (χ3v) is 2.26. The molecule has 0 aliphatic heterocycles. The third kappa shape index (κ3) is 3.70. The van der Waals surface area contributed by atoms with Crippen LogP contribution in [0.4, 0.5) is 5.69 Å². The summed E-state index contributed by atoms with van der Waals surface area (Å²) < 4.78 is 5.02. The lowest BCUT2D eigenvalue weighted by molar-refractivity contribution is -0.385. The summed E-state index contributed by atoms with van der Waals surface area (Å²) in [5.74, 6) is -1.23. The van der Waals surface area contributed by atoms with Crippen molar-refractivity contribution in [2.75, 3.05) is 7.11 Å². The Balaban J connectivity index is 0.00000121. The lowest BCUT2D eigenvalue weighted by atomic mass is 10.2. The fourth-order valence-electron chi connectivity index (χ4n) is 1.04. The average molecular weight is 306 g/mol. The van der Waals surface area contributed by atoms with Gasteiger partial charge in [0.2, 0.25) is 5.75 Å². The van der Waals surface area contributed by atoms with E-state index in [-0.39, 0.29) is 21.5 Å². The number of methoxy groups -OCH3 is 1. The van der Waals surface area contributed by atoms with Crippen LogP contribution in [-0.4, -0.2) is 23.1 Å². The van der Waals surface area contributed by atoms with Gasteiger partial charge in [-0.05, 0) is 22.0 Å². The van der Waals surface area contributed by atoms with E-state index in [1.165, 1.54) is 13.2 Å². The fraction of sp³-hybridized carbons (Fsp3) is 0.300. The van der Waals surface area contributed by atoms with Gasteiger partial charge in [0.15, 0.2) is 0 Å². The molecule has 17 heavy (non-hydrogen) atoms. The number of ether oxygens (including phenoxy) is 1. The van der Waals surface area contributed by atoms with Crippen molar-refractivity contribution >= 4 is 27.6 Å². The molecule has 0 amide bonds. The van der Waals surface area contributed by atoms with Crippen molar-refractivity contribution in [2.45, 2.75) is 13.8 Å². The SMILES string of the molecule is CC.COc1c(Br)cc(C(=O)O)cc1[N+](=O)[O-]. The van der Waals surface area contributed by atoms with Crippen molar-refractivity contribution in [3.05, 3.63) is 32.3 Å². The molecule has 0 spiro atoms. The highest BCUT2D eigenvalue weighted by Crippen LogP contribution is 2.35. The van der Waals surface area contributed by atoms with Crippen LogP contribution in [0.3, 0.4) is 0 Å². The monoisotopic (exact) mass is 305 g/mol. The van der Waals surface area contributed by atoms with Gasteiger partial charge in [0.05, 0.1) is 22.1 Å². The van der Waals surface area contributed by atoms with Gasteiger partial charge in [0.25, 0.3) is 0 Å². The lowest BCUT2D eigenvalue weighted by Gasteiger charge is -2.05. The van der Waals surface area contributed by atoms with Crippen molar-refractivity contribution in [2.24, 2.45) is 0 Å². The number of benzene rings is 1. The van der Waals surface area contributed by atoms with E-state index in [1.54, 1.807) is 0 Å². The number of aromatic carboxylic acids is 1. The standard InChI is InChI=1S/C8H6BrNO5.C2H6/c1-15-7-5(9)2-4(8(11)12)3-6(7)10(13)14;1-2/h2-3H,1H3,(H,11,12);1-2H3. The third-order valence-electron chi connectivity index (χ3n) is 1.67. The molecule has 0 aliphatic rings. The van der Waals surface area contributed by atoms with Gasteiger partial charge in [-0.2, -0.15) is 0 Å². The largest absolute Gasteiger partial charge is 0.489 e. The molecule has 0 atom stereocenters. The number of carbonyl (C=O) groups is 1. The predicted octanol–water partition coefficient (Wildman–Crippen LogP) is 3.09. The molecule has 0 fully saturated rings. The van der Waals surface area contributed by atoms with Crippen molar-refractivity contribution in [1.82, 2.24) is 0 Å². The second-order valence-electron chi connectivity index (χ2n) is 2.57. The highest BCUT2D eigenvalue weighted by atomic mass is 79.9. The van der Waals surface area contributed by atoms with E-state index >= 15 is 0 Å². The van der Waals surface area contributed by atoms with Crippen LogP contribution in [0.25, 0.3) is 0 Å². The molecule has 1 rings (SSSR count). The zero-order chi connectivity index (χ0) is 13.6. The van der Waals surface area contributed by atoms with Crippen molar-refractivity contribution in [1.29, 1.82) is 0 Å². The molecule has 0 bridgehead atoms. The Labute approximate surface area is 106 Å². The summed E-state index contributed by atoms with van der Waals surface area (Å²) in [6.45, 7) is 4.00. The first kappa shape index (κ1) is 15.4. The van der Waals surface area contributed by atoms with E-state index in [0.717, 1.165) is 6.07 Å². The molecule has 1 aromatic carbocycles. The molecule has 6 nitrogen and oxygen atoms in total. The van der Waals surface area contributed by atoms with Crippen LogP contribution in [-0.2, 0) is 0 Å². The second kappa shape index (κ2) is 6.85. The van der Waals surface area contributed by atoms with Crippen LogP contribution < -0.4 is 4.74 Å². The average Bonchev–Trinajstić information content (AvgIpc) is 2.30. The fourth-order valence-corrected chi connectivity index (χ4v) is 1.65. The first-order chi connectivity index (χ1) is 7.97. The second-order valence-corrected chi connectivity index (χ2v) is 3.43. The molecule has 0 radical (unpaired) electrons. The van der Waals surface area contributed by atoms with Crippen LogP contribution in [0.2, 0.25) is 0 Å². The number of nitrogens with zero attached hydrogens (tertiary/aromatic N) is 1. The summed E-state index contributed by atoms with van der Waals surface area (Å²) in [5.41, 5.74) is -0.557. The minimum atomic E-state index is -1.23. The highest BCUT2D eigenvalue weighted by molar-refractivity contribution is 9.10. The van der Waals surface area contributed by atoms with Crippen LogP contribution in [0.15, 0.2) is 16.6 Å². The number of carboxylic acids is 1. The Morgan fingerprint density at radius 1 is 1.47 bits per heavy atom. The van der Waals surface area contributed by atoms with Crippen molar-refractivity contribution in [3.63, 3.8) is 0 Å². The van der Waals surface area contributed by atoms with Crippen LogP contribution in [0.1, 0.15) is 24.2 Å². The topological polar surface area (TPSA) is 89.7 Å². The van der Waals surface area contributed by atoms with Gasteiger partial charge in [0, 0.05) is 6.07 Å². The molecule has 94 valence electrons. The summed E-state index contributed by atoms with van der Waals surface area (Å²) in [4.78, 5) is 20.6. The summed E-state index contributed by atoms with van der Waals surface area (Å²) in [6.07, 6.45) is 0. The number of hydrogen-bond donors (Lipinski definition) is 1. The summed E-state index contributed by atoms with van der Waals surface area (Å²) in [7, 11) is 1.27. The first-order valence-corrected chi connectivity index (χ1v) is 5.52. The smallest absolute Gasteiger partial charge is 0.335 e. The minimum Gasteiger partial charge on any atom is -0.489 e. The number of rotatable bonds is 3. The molecule has 0 saturated heterocycles. The molecule has 0 saturated carbocycles. The zero-order valence-electron chi connectivity index (χ0n) is 9.56. The molecule has 0 aliphatic carbocycles. The normalized spacial score (nSPS) is 8.94. The van der Waals surface area contributed by atoms with Gasteiger partial charge >= 0.3 is 11.7 Å². The van der Waals surface area contributed by atoms with E-state index in [4.69, 9.17) is 9.84 Å². The summed E-state index contributed by atoms with van der Waals surface area (Å²) >= 11 is 3.00. The zero-order valence-corrected chi connectivity index (χ0v) is 11.1. The van der Waals surface area contributed by atoms with E-state index in [9.17, 15) is 14.9 Å². The van der Waals surface area contributed by atoms with Gasteiger partial charge in [-0.25, -0.2) is 4.79 Å². The van der Waals surface area contributed by atoms with Gasteiger partial charge in [-0.15, -0.1) is 0 Å². The molecule has 0 aromatic heterocycles. The maximum Gasteiger partial charge on any atom is 0.335 e. The molecule has 1 N–H and O–H groups in total. The minimum absolute atomic E-state index is 0.00463. The van der Waals surface area contributed by atoms with Crippen molar-refractivity contribution < 1.29 is 19.6 Å². The van der Waals surface area contributed by atoms with E-state index in [2.05, 4.69) is 15.9 Å². The maximum atomic E-state index is 10.6. The van der Waals surface area contributed by atoms with Gasteiger partial charge < -0.3 is 9.84 Å². The highest BCUT2D eigenvalue weighted by Gasteiger charge is 2.21. The summed E-state index contributed by atoms with van der Waals surface area (Å²) in [5, 5.41) is 19.3. The van der Waals surface area contributed by atoms with E-state index in [0.29, 0.717) is 0 Å². The predicted molar refractivity (Wildman–Crippen MR) is 65.7 cm³/mol. The van der Waals surface area contributed by atoms with Gasteiger partial charge in [-0.3, -0.25) is 10.1 Å². The van der Waals surface area contributed by atoms with Crippen LogP contribution in [0, 0.1) is 10.1 Å². The summed E-state index contributed by atoms with van der Waals surface area (Å²) in [6, 6.07) is 2.19. The van der Waals surface area contributed by atoms with E-state index in [1.807, 2.05) is 13.8 Å². The number of halogens is 1. The van der Waals surface area contributed by atoms with Crippen LogP contribution in [0.5, 0.6) is 5.75 Å². The molecule has 1 aromatic rings. The molecule has 7 heteroatoms. The van der Waals surface area contributed by atoms with Crippen LogP contribution >= 0.6 is 15.9 Å². The Morgan fingerprint density at radius 2 is 2.00 bits per heavy atom. The molecule has 0 heterocycles. The maximum absolute atomic E-state index is 10.6. The molecular formula is C10H12BrNO5. The Kier molecular flexibility index (Phi) is 6.19. The lowest BCUT2D eigenvalue weighted by Crippen LogP contribution is -2.01. The Hall–Kier alpha value is -1.63. The number of nitro benzene ring substituents is 1. The molecule has 0 unspecified atom stereocenters. The number of hydrogen-bond acceptors (Lipinski definition) is 4. The Bertz CT molecular complexity index is 433. The van der Waals surface area contributed by atoms with Gasteiger partial charge in [-0.1, -0.05) is 13.8 Å². The number of nitro groups is 1.